The van der Waals surface area contributed by atoms with Gasteiger partial charge in [0, 0.05) is 43.1 Å². The van der Waals surface area contributed by atoms with E-state index in [1.807, 2.05) is 135 Å². The topological polar surface area (TPSA) is 43.5 Å². The van der Waals surface area contributed by atoms with Crippen LogP contribution < -0.4 is 0 Å². The van der Waals surface area contributed by atoms with Gasteiger partial charge >= 0.3 is 18.5 Å². The molecule has 0 aliphatic heterocycles. The normalized spacial score (nSPS) is 12.3. The molecule has 14 heteroatoms. The van der Waals surface area contributed by atoms with Gasteiger partial charge in [-0.05, 0) is 159 Å². The molecule has 0 atom stereocenters. The van der Waals surface area contributed by atoms with Crippen molar-refractivity contribution >= 4 is 87.2 Å². The Labute approximate surface area is 557 Å². The minimum Gasteiger partial charge on any atom is -0.307 e. The minimum atomic E-state index is -4.95. The number of nitrogens with zero attached hydrogens (tertiary/aromatic N) is 5. The van der Waals surface area contributed by atoms with E-state index in [2.05, 4.69) is 91.4 Å². The molecule has 0 fully saturated rings. The summed E-state index contributed by atoms with van der Waals surface area (Å²) in [5, 5.41) is 18.4. The highest BCUT2D eigenvalue weighted by atomic mass is 19.4. The lowest BCUT2D eigenvalue weighted by molar-refractivity contribution is -0.138. The summed E-state index contributed by atoms with van der Waals surface area (Å²) in [4.78, 5) is 0. The Kier molecular flexibility index (Phi) is 14.7. The lowest BCUT2D eigenvalue weighted by Gasteiger charge is -2.25. The smallest absolute Gasteiger partial charge is 0.307 e. The van der Waals surface area contributed by atoms with Crippen molar-refractivity contribution in [3.8, 4) is 51.1 Å². The fraction of sp³-hybridized carbons (Fsp3) is 0.131. The van der Waals surface area contributed by atoms with E-state index in [1.165, 1.54) is 36.4 Å². The van der Waals surface area contributed by atoms with Crippen molar-refractivity contribution in [1.82, 2.24) is 18.3 Å². The van der Waals surface area contributed by atoms with Crippen molar-refractivity contribution in [2.75, 3.05) is 0 Å². The van der Waals surface area contributed by atoms with E-state index >= 15 is 13.2 Å². The van der Waals surface area contributed by atoms with Gasteiger partial charge in [-0.3, -0.25) is 0 Å². The standard InChI is InChI=1S/C42H30F6N2.C42H30F3N3/c1-23-11-7-16-29-30-17-8-12-24(2)37(30)49(36(23)29)35-22-27(28-15-5-6-20-33(28)41(43,44)45)21-34(42(46,47)48)40(35)50-38-25(3)13-9-18-31(38)32-19-10-14-26(4)39(32)50;1-24-11-7-16-31-32-17-8-12-25(2)38(32)47(37(24)31)36-22-28(30-15-5-6-20-35(30)42(43,44)45)21-29(23-46)41(36)48-39-26(3)13-9-18-33(39)34-19-10-14-27(4)40(34)48/h5-22H,1-4H3;5-22H,1-4H3. The number of para-hydroxylation sites is 8. The van der Waals surface area contributed by atoms with E-state index in [0.29, 0.717) is 39.0 Å². The quantitative estimate of drug-likeness (QED) is 0.153. The third kappa shape index (κ3) is 9.75. The molecule has 484 valence electrons. The van der Waals surface area contributed by atoms with E-state index in [9.17, 15) is 31.6 Å². The maximum absolute atomic E-state index is 15.8. The van der Waals surface area contributed by atoms with Gasteiger partial charge in [-0.15, -0.1) is 0 Å². The van der Waals surface area contributed by atoms with Crippen molar-refractivity contribution < 1.29 is 39.5 Å². The SMILES string of the molecule is Cc1cccc2c3cccc(C)c3n(-c3cc(-c4ccccc4C(F)(F)F)cc(C#N)c3-n3c4c(C)cccc4c4cccc(C)c43)c12.Cc1cccc2c3cccc(C)c3n(-c3cc(-c4ccccc4C(F)(F)F)cc(C(F)(F)F)c3-n3c4c(C)cccc4c4cccc(C)c43)c12. The van der Waals surface area contributed by atoms with E-state index in [4.69, 9.17) is 0 Å². The van der Waals surface area contributed by atoms with Crippen LogP contribution in [0.5, 0.6) is 0 Å². The number of hydrogen-bond acceptors (Lipinski definition) is 1. The van der Waals surface area contributed by atoms with Crippen LogP contribution in [0.3, 0.4) is 0 Å². The number of benzene rings is 12. The molecule has 0 unspecified atom stereocenters. The Bertz CT molecular complexity index is 5840. The van der Waals surface area contributed by atoms with Crippen molar-refractivity contribution in [2.45, 2.75) is 73.9 Å². The molecule has 0 radical (unpaired) electrons. The predicted octanol–water partition coefficient (Wildman–Crippen LogP) is 24.5. The third-order valence-electron chi connectivity index (χ3n) is 19.5. The Hall–Kier alpha value is -11.3. The molecule has 0 aliphatic carbocycles. The molecule has 0 saturated carbocycles. The molecule has 0 bridgehead atoms. The average molecular weight is 1310 g/mol. The summed E-state index contributed by atoms with van der Waals surface area (Å²) < 4.78 is 142. The fourth-order valence-corrected chi connectivity index (χ4v) is 15.4. The van der Waals surface area contributed by atoms with Crippen LogP contribution in [0.4, 0.5) is 39.5 Å². The van der Waals surface area contributed by atoms with Crippen molar-refractivity contribution in [3.63, 3.8) is 0 Å². The van der Waals surface area contributed by atoms with Gasteiger partial charge in [0.1, 0.15) is 6.07 Å². The Balaban J connectivity index is 0.000000160. The fourth-order valence-electron chi connectivity index (χ4n) is 15.4. The molecule has 4 heterocycles. The van der Waals surface area contributed by atoms with E-state index in [1.54, 1.807) is 16.7 Å². The highest BCUT2D eigenvalue weighted by Gasteiger charge is 2.41. The van der Waals surface area contributed by atoms with Gasteiger partial charge < -0.3 is 18.3 Å². The number of hydrogen-bond donors (Lipinski definition) is 0. The second-order valence-electron chi connectivity index (χ2n) is 25.6. The van der Waals surface area contributed by atoms with Crippen LogP contribution in [0.25, 0.3) is 132 Å². The largest absolute Gasteiger partial charge is 0.418 e. The summed E-state index contributed by atoms with van der Waals surface area (Å²) in [6.07, 6.45) is -14.3. The van der Waals surface area contributed by atoms with Gasteiger partial charge in [0.2, 0.25) is 0 Å². The van der Waals surface area contributed by atoms with Crippen LogP contribution >= 0.6 is 0 Å². The molecular weight excluding hydrogens is 1250 g/mol. The maximum Gasteiger partial charge on any atom is 0.418 e. The maximum atomic E-state index is 15.8. The first kappa shape index (κ1) is 62.8. The predicted molar refractivity (Wildman–Crippen MR) is 379 cm³/mol. The van der Waals surface area contributed by atoms with Gasteiger partial charge in [-0.2, -0.15) is 44.8 Å². The lowest BCUT2D eigenvalue weighted by atomic mass is 9.95. The van der Waals surface area contributed by atoms with Gasteiger partial charge in [0.15, 0.2) is 0 Å². The summed E-state index contributed by atoms with van der Waals surface area (Å²) >= 11 is 0. The Morgan fingerprint density at radius 3 is 0.786 bits per heavy atom. The number of halogens is 9. The molecule has 0 aliphatic rings. The first-order chi connectivity index (χ1) is 46.9. The summed E-state index contributed by atoms with van der Waals surface area (Å²) in [6, 6.07) is 66.1. The lowest BCUT2D eigenvalue weighted by Crippen LogP contribution is -2.16. The molecule has 4 aromatic heterocycles. The number of fused-ring (bicyclic) bond motifs is 12. The third-order valence-corrected chi connectivity index (χ3v) is 19.5. The van der Waals surface area contributed by atoms with Crippen LogP contribution in [0.15, 0.2) is 218 Å². The van der Waals surface area contributed by atoms with Crippen molar-refractivity contribution in [2.24, 2.45) is 0 Å². The zero-order chi connectivity index (χ0) is 68.8. The van der Waals surface area contributed by atoms with Crippen molar-refractivity contribution in [3.05, 3.63) is 285 Å². The van der Waals surface area contributed by atoms with E-state index < -0.39 is 35.2 Å². The monoisotopic (exact) mass is 1310 g/mol. The number of aryl methyl sites for hydroxylation is 8. The number of nitriles is 1. The molecule has 0 N–H and O–H groups in total. The number of aromatic nitrogens is 4. The first-order valence-electron chi connectivity index (χ1n) is 32.0. The Morgan fingerprint density at radius 2 is 0.510 bits per heavy atom. The highest BCUT2D eigenvalue weighted by molar-refractivity contribution is 6.16. The second kappa shape index (κ2) is 22.9. The molecule has 0 spiro atoms. The van der Waals surface area contributed by atoms with Crippen LogP contribution in [-0.4, -0.2) is 18.3 Å². The number of alkyl halides is 9. The number of rotatable bonds is 6. The summed E-state index contributed by atoms with van der Waals surface area (Å²) in [6.45, 7) is 15.7. The molecule has 12 aromatic carbocycles. The van der Waals surface area contributed by atoms with Crippen LogP contribution in [-0.2, 0) is 18.5 Å². The van der Waals surface area contributed by atoms with Crippen molar-refractivity contribution in [1.29, 1.82) is 5.26 Å². The molecule has 16 aromatic rings. The van der Waals surface area contributed by atoms with Crippen LogP contribution in [0.1, 0.15) is 66.8 Å². The average Bonchev–Trinajstić information content (AvgIpc) is 1.52. The van der Waals surface area contributed by atoms with Gasteiger partial charge in [0.05, 0.1) is 89.1 Å². The van der Waals surface area contributed by atoms with Crippen LogP contribution in [0, 0.1) is 66.7 Å². The minimum absolute atomic E-state index is 0.0260. The van der Waals surface area contributed by atoms with Crippen LogP contribution in [0.2, 0.25) is 0 Å². The van der Waals surface area contributed by atoms with E-state index in [0.717, 1.165) is 128 Å². The summed E-state index contributed by atoms with van der Waals surface area (Å²) in [5.74, 6) is 0. The highest BCUT2D eigenvalue weighted by Crippen LogP contribution is 2.51. The summed E-state index contributed by atoms with van der Waals surface area (Å²) in [5.41, 5.74) is 12.2. The second-order valence-corrected chi connectivity index (χ2v) is 25.6. The zero-order valence-corrected chi connectivity index (χ0v) is 54.4. The zero-order valence-electron chi connectivity index (χ0n) is 54.4. The summed E-state index contributed by atoms with van der Waals surface area (Å²) in [7, 11) is 0. The molecule has 16 rings (SSSR count). The molecule has 5 nitrogen and oxygen atoms in total. The van der Waals surface area contributed by atoms with E-state index in [-0.39, 0.29) is 33.6 Å². The first-order valence-corrected chi connectivity index (χ1v) is 32.0. The van der Waals surface area contributed by atoms with Gasteiger partial charge in [-0.1, -0.05) is 182 Å². The Morgan fingerprint density at radius 1 is 0.265 bits per heavy atom. The molecular formula is C84H60F9N5. The molecule has 0 saturated heterocycles. The molecule has 98 heavy (non-hydrogen) atoms. The van der Waals surface area contributed by atoms with Gasteiger partial charge in [-0.25, -0.2) is 0 Å². The van der Waals surface area contributed by atoms with Gasteiger partial charge in [0.25, 0.3) is 0 Å². The molecule has 0 amide bonds.